The van der Waals surface area contributed by atoms with Crippen molar-refractivity contribution in [1.29, 1.82) is 0 Å². The first-order chi connectivity index (χ1) is 9.63. The number of nitrogens with zero attached hydrogens (tertiary/aromatic N) is 2. The van der Waals surface area contributed by atoms with Crippen molar-refractivity contribution in [2.75, 3.05) is 11.6 Å². The summed E-state index contributed by atoms with van der Waals surface area (Å²) in [5.41, 5.74) is 8.55. The number of hydrogen-bond donors (Lipinski definition) is 2. The molecule has 0 aliphatic carbocycles. The maximum absolute atomic E-state index is 11.8. The lowest BCUT2D eigenvalue weighted by Gasteiger charge is -2.20. The van der Waals surface area contributed by atoms with E-state index in [1.165, 1.54) is 5.01 Å². The number of hydroxylamine groups is 1. The Kier molecular flexibility index (Phi) is 4.31. The number of hydrogen-bond acceptors (Lipinski definition) is 5. The van der Waals surface area contributed by atoms with Crippen LogP contribution in [0, 0.1) is 0 Å². The highest BCUT2D eigenvalue weighted by Gasteiger charge is 2.34. The number of para-hydroxylation sites is 1. The molecule has 1 aromatic rings. The van der Waals surface area contributed by atoms with Crippen LogP contribution in [0.25, 0.3) is 0 Å². The molecule has 106 valence electrons. The largest absolute Gasteiger partial charge is 0.368 e. The summed E-state index contributed by atoms with van der Waals surface area (Å²) in [6, 6.07) is 8.42. The van der Waals surface area contributed by atoms with Gasteiger partial charge in [0.25, 0.3) is 5.91 Å². The number of nitrogens with two attached hydrogens (primary N) is 1. The van der Waals surface area contributed by atoms with Crippen molar-refractivity contribution in [3.05, 3.63) is 30.3 Å². The van der Waals surface area contributed by atoms with Gasteiger partial charge in [0.05, 0.1) is 12.3 Å². The van der Waals surface area contributed by atoms with Crippen LogP contribution in [0.4, 0.5) is 5.69 Å². The third-order valence-corrected chi connectivity index (χ3v) is 2.83. The highest BCUT2D eigenvalue weighted by Crippen LogP contribution is 2.24. The highest BCUT2D eigenvalue weighted by molar-refractivity contribution is 6.40. The Hall–Kier alpha value is -2.41. The second kappa shape index (κ2) is 6.16. The van der Waals surface area contributed by atoms with Crippen molar-refractivity contribution in [3.8, 4) is 0 Å². The van der Waals surface area contributed by atoms with Gasteiger partial charge in [0.1, 0.15) is 11.8 Å². The SMILES string of the molecule is CCONC(=O)C1=NN(c2ccccc2)[C@@H](C(N)=O)C1. The van der Waals surface area contributed by atoms with Crippen molar-refractivity contribution >= 4 is 23.2 Å². The average Bonchev–Trinajstić information content (AvgIpc) is 2.91. The zero-order chi connectivity index (χ0) is 14.5. The van der Waals surface area contributed by atoms with Crippen LogP contribution in [-0.2, 0) is 14.4 Å². The van der Waals surface area contributed by atoms with Gasteiger partial charge in [0, 0.05) is 6.42 Å². The second-order valence-corrected chi connectivity index (χ2v) is 4.21. The van der Waals surface area contributed by atoms with E-state index in [0.717, 1.165) is 0 Å². The predicted molar refractivity (Wildman–Crippen MR) is 73.7 cm³/mol. The van der Waals surface area contributed by atoms with Crippen molar-refractivity contribution < 1.29 is 14.4 Å². The van der Waals surface area contributed by atoms with Crippen molar-refractivity contribution in [1.82, 2.24) is 5.48 Å². The molecule has 1 heterocycles. The molecule has 2 amide bonds. The van der Waals surface area contributed by atoms with Crippen LogP contribution in [0.15, 0.2) is 35.4 Å². The molecule has 2 rings (SSSR count). The van der Waals surface area contributed by atoms with E-state index in [2.05, 4.69) is 10.6 Å². The van der Waals surface area contributed by atoms with Crippen LogP contribution in [-0.4, -0.2) is 30.2 Å². The summed E-state index contributed by atoms with van der Waals surface area (Å²) in [5.74, 6) is -0.992. The minimum atomic E-state index is -0.667. The lowest BCUT2D eigenvalue weighted by molar-refractivity contribution is -0.126. The van der Waals surface area contributed by atoms with Gasteiger partial charge in [-0.3, -0.25) is 19.4 Å². The Morgan fingerprint density at radius 2 is 2.15 bits per heavy atom. The van der Waals surface area contributed by atoms with Gasteiger partial charge in [-0.25, -0.2) is 5.48 Å². The number of amides is 2. The molecule has 0 unspecified atom stereocenters. The molecule has 1 aromatic carbocycles. The average molecular weight is 276 g/mol. The Labute approximate surface area is 116 Å². The molecular formula is C13H16N4O3. The first-order valence-corrected chi connectivity index (χ1v) is 6.26. The number of anilines is 1. The van der Waals surface area contributed by atoms with Crippen LogP contribution in [0.3, 0.4) is 0 Å². The van der Waals surface area contributed by atoms with Crippen molar-refractivity contribution in [3.63, 3.8) is 0 Å². The van der Waals surface area contributed by atoms with E-state index in [1.807, 2.05) is 18.2 Å². The van der Waals surface area contributed by atoms with Crippen molar-refractivity contribution in [2.24, 2.45) is 10.8 Å². The molecule has 0 aromatic heterocycles. The number of hydrazone groups is 1. The number of carbonyl (C=O) groups excluding carboxylic acids is 2. The molecule has 1 aliphatic heterocycles. The van der Waals surface area contributed by atoms with E-state index < -0.39 is 17.9 Å². The topological polar surface area (TPSA) is 97.0 Å². The van der Waals surface area contributed by atoms with Gasteiger partial charge in [0.2, 0.25) is 5.91 Å². The summed E-state index contributed by atoms with van der Waals surface area (Å²) in [6.45, 7) is 2.10. The third-order valence-electron chi connectivity index (χ3n) is 2.83. The zero-order valence-electron chi connectivity index (χ0n) is 11.1. The molecule has 0 saturated heterocycles. The third kappa shape index (κ3) is 2.94. The first-order valence-electron chi connectivity index (χ1n) is 6.26. The fourth-order valence-electron chi connectivity index (χ4n) is 1.88. The Bertz CT molecular complexity index is 530. The zero-order valence-corrected chi connectivity index (χ0v) is 11.1. The maximum Gasteiger partial charge on any atom is 0.291 e. The minimum Gasteiger partial charge on any atom is -0.368 e. The number of carbonyl (C=O) groups is 2. The number of primary amides is 1. The Balaban J connectivity index is 2.21. The first kappa shape index (κ1) is 14.0. The van der Waals surface area contributed by atoms with Gasteiger partial charge in [0.15, 0.2) is 0 Å². The van der Waals surface area contributed by atoms with Gasteiger partial charge < -0.3 is 5.73 Å². The van der Waals surface area contributed by atoms with Crippen LogP contribution < -0.4 is 16.2 Å². The number of benzene rings is 1. The van der Waals surface area contributed by atoms with Gasteiger partial charge in [-0.1, -0.05) is 18.2 Å². The second-order valence-electron chi connectivity index (χ2n) is 4.21. The molecule has 0 spiro atoms. The maximum atomic E-state index is 11.8. The van der Waals surface area contributed by atoms with E-state index in [0.29, 0.717) is 12.3 Å². The molecule has 7 nitrogen and oxygen atoms in total. The molecule has 0 radical (unpaired) electrons. The van der Waals surface area contributed by atoms with Crippen LogP contribution in [0.5, 0.6) is 0 Å². The molecule has 7 heteroatoms. The van der Waals surface area contributed by atoms with E-state index in [9.17, 15) is 9.59 Å². The molecule has 0 saturated carbocycles. The van der Waals surface area contributed by atoms with Gasteiger partial charge in [-0.05, 0) is 19.1 Å². The molecule has 1 aliphatic rings. The summed E-state index contributed by atoms with van der Waals surface area (Å²) in [6.07, 6.45) is 0.156. The Morgan fingerprint density at radius 1 is 1.45 bits per heavy atom. The predicted octanol–water partition coefficient (Wildman–Crippen LogP) is 0.174. The molecule has 20 heavy (non-hydrogen) atoms. The van der Waals surface area contributed by atoms with E-state index in [-0.39, 0.29) is 12.1 Å². The van der Waals surface area contributed by atoms with Crippen molar-refractivity contribution in [2.45, 2.75) is 19.4 Å². The minimum absolute atomic E-state index is 0.156. The summed E-state index contributed by atoms with van der Waals surface area (Å²) >= 11 is 0. The monoisotopic (exact) mass is 276 g/mol. The normalized spacial score (nSPS) is 17.8. The van der Waals surface area contributed by atoms with Crippen LogP contribution in [0.2, 0.25) is 0 Å². The van der Waals surface area contributed by atoms with E-state index in [4.69, 9.17) is 10.6 Å². The molecule has 3 N–H and O–H groups in total. The summed E-state index contributed by atoms with van der Waals surface area (Å²) in [5, 5.41) is 5.63. The quantitative estimate of drug-likeness (QED) is 0.749. The number of nitrogens with one attached hydrogen (secondary N) is 1. The molecule has 1 atom stereocenters. The van der Waals surface area contributed by atoms with E-state index in [1.54, 1.807) is 19.1 Å². The van der Waals surface area contributed by atoms with Gasteiger partial charge in [-0.2, -0.15) is 5.10 Å². The summed E-state index contributed by atoms with van der Waals surface area (Å²) in [7, 11) is 0. The fourth-order valence-corrected chi connectivity index (χ4v) is 1.88. The molecule has 0 fully saturated rings. The smallest absolute Gasteiger partial charge is 0.291 e. The highest BCUT2D eigenvalue weighted by atomic mass is 16.6. The lowest BCUT2D eigenvalue weighted by Crippen LogP contribution is -2.39. The fraction of sp³-hybridized carbons (Fsp3) is 0.308. The van der Waals surface area contributed by atoms with Gasteiger partial charge in [-0.15, -0.1) is 0 Å². The summed E-state index contributed by atoms with van der Waals surface area (Å²) < 4.78 is 0. The van der Waals surface area contributed by atoms with Crippen LogP contribution >= 0.6 is 0 Å². The standard InChI is InChI=1S/C13H16N4O3/c1-2-20-16-13(19)10-8-11(12(14)18)17(15-10)9-6-4-3-5-7-9/h3-7,11H,2,8H2,1H3,(H2,14,18)(H,16,19)/t11-/m1/s1. The van der Waals surface area contributed by atoms with Gasteiger partial charge >= 0.3 is 0 Å². The van der Waals surface area contributed by atoms with Crippen LogP contribution in [0.1, 0.15) is 13.3 Å². The Morgan fingerprint density at radius 3 is 2.75 bits per heavy atom. The summed E-state index contributed by atoms with van der Waals surface area (Å²) in [4.78, 5) is 28.1. The van der Waals surface area contributed by atoms with E-state index >= 15 is 0 Å². The lowest BCUT2D eigenvalue weighted by atomic mass is 10.1. The molecule has 0 bridgehead atoms. The number of rotatable bonds is 5. The molecular weight excluding hydrogens is 260 g/mol.